The minimum atomic E-state index is -5.00. The minimum Gasteiger partial charge on any atom is -0.462 e. The number of rotatable bonds is 78. The fraction of sp³-hybridized carbons (Fsp3) is 0.685. The van der Waals surface area contributed by atoms with E-state index in [1.54, 1.807) is 0 Å². The fourth-order valence-corrected chi connectivity index (χ4v) is 12.5. The maximum atomic E-state index is 13.1. The highest BCUT2D eigenvalue weighted by atomic mass is 31.2. The Balaban J connectivity index is 5.43. The van der Waals surface area contributed by atoms with Crippen molar-refractivity contribution in [2.75, 3.05) is 39.6 Å². The van der Waals surface area contributed by atoms with Gasteiger partial charge in [0, 0.05) is 25.7 Å². The van der Waals surface area contributed by atoms with Gasteiger partial charge in [0.2, 0.25) is 0 Å². The third kappa shape index (κ3) is 79.0. The van der Waals surface area contributed by atoms with E-state index in [1.807, 2.05) is 0 Å². The zero-order valence-corrected chi connectivity index (χ0v) is 69.5. The van der Waals surface area contributed by atoms with Crippen LogP contribution in [0.5, 0.6) is 0 Å². The molecule has 0 saturated heterocycles. The van der Waals surface area contributed by atoms with Crippen LogP contribution in [0.2, 0.25) is 0 Å². The topological polar surface area (TPSA) is 237 Å². The molecule has 17 nitrogen and oxygen atoms in total. The number of phosphoric acid groups is 2. The lowest BCUT2D eigenvalue weighted by Gasteiger charge is -2.21. The van der Waals surface area contributed by atoms with Gasteiger partial charge in [0.25, 0.3) is 0 Å². The Morgan fingerprint density at radius 2 is 0.481 bits per heavy atom. The van der Waals surface area contributed by atoms with Gasteiger partial charge in [-0.25, -0.2) is 9.13 Å². The summed E-state index contributed by atoms with van der Waals surface area (Å²) in [7, 11) is -9.99. The summed E-state index contributed by atoms with van der Waals surface area (Å²) in [5, 5.41) is 10.7. The van der Waals surface area contributed by atoms with Crippen molar-refractivity contribution in [1.82, 2.24) is 0 Å². The van der Waals surface area contributed by atoms with Gasteiger partial charge in [-0.1, -0.05) is 289 Å². The molecule has 618 valence electrons. The van der Waals surface area contributed by atoms with Gasteiger partial charge < -0.3 is 33.8 Å². The Bertz CT molecular complexity index is 2610. The van der Waals surface area contributed by atoms with Gasteiger partial charge >= 0.3 is 39.5 Å². The first kappa shape index (κ1) is 103. The number of carbonyl (C=O) groups is 4. The number of hydrogen-bond acceptors (Lipinski definition) is 15. The third-order valence-electron chi connectivity index (χ3n) is 17.3. The Hall–Kier alpha value is -5.06. The first-order chi connectivity index (χ1) is 52.7. The van der Waals surface area contributed by atoms with Crippen LogP contribution in [0.4, 0.5) is 0 Å². The first-order valence-electron chi connectivity index (χ1n) is 42.1. The lowest BCUT2D eigenvalue weighted by molar-refractivity contribution is -0.161. The molecule has 0 saturated carbocycles. The standard InChI is InChI=1S/C89H150O17P2/c1-5-9-13-17-21-25-29-33-37-40-41-44-47-50-54-58-62-66-70-74-87(92)100-80-85(106-89(94)76-72-68-64-60-56-52-48-43-39-35-31-27-23-19-15-11-7-3)82-104-108(97,98)102-78-83(90)77-101-107(95,96)103-81-84(105-88(93)75-71-67-63-59-55-51-45-36-32-28-24-20-16-12-8-4)79-99-86(91)73-69-65-61-57-53-49-46-42-38-34-30-26-22-18-14-10-6-2/h10-11,14-15,21-28,33-39,41,44-46,49,83-85,90H,5-9,12-13,16-20,29-32,40,42-43,47-48,50-82H2,1-4H3,(H,95,96)(H,97,98)/b14-10-,15-11-,25-21-,26-22-,27-23-,28-24-,37-33-,38-34-,39-35-,44-41-,45-36-,49-46-. The minimum absolute atomic E-state index is 0.0696. The van der Waals surface area contributed by atoms with E-state index >= 15 is 0 Å². The molecule has 5 atom stereocenters. The van der Waals surface area contributed by atoms with Gasteiger partial charge in [0.15, 0.2) is 12.2 Å². The van der Waals surface area contributed by atoms with Crippen molar-refractivity contribution in [2.24, 2.45) is 0 Å². The first-order valence-corrected chi connectivity index (χ1v) is 45.1. The molecule has 3 N–H and O–H groups in total. The van der Waals surface area contributed by atoms with Crippen LogP contribution in [-0.2, 0) is 65.4 Å². The third-order valence-corrected chi connectivity index (χ3v) is 19.2. The predicted molar refractivity (Wildman–Crippen MR) is 445 cm³/mol. The molecule has 0 aliphatic heterocycles. The average molecular weight is 1550 g/mol. The van der Waals surface area contributed by atoms with E-state index in [0.29, 0.717) is 25.7 Å². The number of unbranched alkanes of at least 4 members (excludes halogenated alkanes) is 28. The second-order valence-corrected chi connectivity index (χ2v) is 30.6. The lowest BCUT2D eigenvalue weighted by Crippen LogP contribution is -2.30. The Labute approximate surface area is 656 Å². The number of phosphoric ester groups is 2. The van der Waals surface area contributed by atoms with Crippen molar-refractivity contribution in [3.05, 3.63) is 146 Å². The van der Waals surface area contributed by atoms with E-state index in [-0.39, 0.29) is 25.7 Å². The van der Waals surface area contributed by atoms with E-state index in [2.05, 4.69) is 174 Å². The maximum absolute atomic E-state index is 13.1. The van der Waals surface area contributed by atoms with Crippen LogP contribution in [-0.4, -0.2) is 96.7 Å². The van der Waals surface area contributed by atoms with Crippen molar-refractivity contribution in [3.8, 4) is 0 Å². The summed E-state index contributed by atoms with van der Waals surface area (Å²) in [6.45, 7) is 4.56. The van der Waals surface area contributed by atoms with Crippen LogP contribution in [0, 0.1) is 0 Å². The summed E-state index contributed by atoms with van der Waals surface area (Å²) < 4.78 is 68.8. The number of esters is 4. The van der Waals surface area contributed by atoms with Gasteiger partial charge in [-0.2, -0.15) is 0 Å². The molecule has 0 aliphatic rings. The fourth-order valence-electron chi connectivity index (χ4n) is 10.9. The van der Waals surface area contributed by atoms with Crippen LogP contribution in [0.15, 0.2) is 146 Å². The SMILES string of the molecule is CC/C=C\C/C=C\C/C=C\C/C=C\CCCCCCC(=O)OCC(COP(=O)(O)OCC(O)COP(=O)(O)OCC(COC(=O)CCCCCCCC/C=C\C/C=C\C/C=C\CCCCC)OC(=O)CCCCCCCCC/C=C\C/C=C\C/C=C\CC)OC(=O)CCCCCCC/C=C\C/C=C\CCCCC. The molecule has 0 aliphatic carbocycles. The molecular formula is C89H150O17P2. The van der Waals surface area contributed by atoms with Gasteiger partial charge in [-0.15, -0.1) is 0 Å². The normalized spacial score (nSPS) is 14.5. The quantitative estimate of drug-likeness (QED) is 0.0169. The van der Waals surface area contributed by atoms with Gasteiger partial charge in [0.1, 0.15) is 19.3 Å². The molecule has 0 rings (SSSR count). The molecule has 0 aromatic heterocycles. The Morgan fingerprint density at radius 1 is 0.269 bits per heavy atom. The number of aliphatic hydroxyl groups is 1. The van der Waals surface area contributed by atoms with Crippen molar-refractivity contribution < 1.29 is 80.2 Å². The van der Waals surface area contributed by atoms with Crippen molar-refractivity contribution in [2.45, 2.75) is 354 Å². The summed E-state index contributed by atoms with van der Waals surface area (Å²) >= 11 is 0. The van der Waals surface area contributed by atoms with E-state index in [1.165, 1.54) is 38.5 Å². The highest BCUT2D eigenvalue weighted by Gasteiger charge is 2.30. The number of carbonyl (C=O) groups excluding carboxylic acids is 4. The van der Waals surface area contributed by atoms with Gasteiger partial charge in [-0.05, 0) is 167 Å². The maximum Gasteiger partial charge on any atom is 0.472 e. The van der Waals surface area contributed by atoms with Crippen LogP contribution in [0.3, 0.4) is 0 Å². The smallest absolute Gasteiger partial charge is 0.462 e. The molecule has 0 aromatic rings. The highest BCUT2D eigenvalue weighted by Crippen LogP contribution is 2.45. The van der Waals surface area contributed by atoms with Gasteiger partial charge in [0.05, 0.1) is 26.4 Å². The summed E-state index contributed by atoms with van der Waals surface area (Å²) in [4.78, 5) is 73.2. The second kappa shape index (κ2) is 80.0. The van der Waals surface area contributed by atoms with Crippen molar-refractivity contribution in [3.63, 3.8) is 0 Å². The summed E-state index contributed by atoms with van der Waals surface area (Å²) in [5.74, 6) is -2.24. The Morgan fingerprint density at radius 3 is 0.741 bits per heavy atom. The summed E-state index contributed by atoms with van der Waals surface area (Å²) in [6.07, 6.45) is 92.3. The van der Waals surface area contributed by atoms with E-state index < -0.39 is 97.5 Å². The van der Waals surface area contributed by atoms with Crippen molar-refractivity contribution in [1.29, 1.82) is 0 Å². The van der Waals surface area contributed by atoms with E-state index in [9.17, 15) is 43.2 Å². The second-order valence-electron chi connectivity index (χ2n) is 27.6. The molecule has 0 aromatic carbocycles. The molecule has 0 amide bonds. The molecule has 0 heterocycles. The number of ether oxygens (including phenoxy) is 4. The summed E-state index contributed by atoms with van der Waals surface area (Å²) in [6, 6.07) is 0. The average Bonchev–Trinajstić information content (AvgIpc) is 0.906. The van der Waals surface area contributed by atoms with Crippen LogP contribution >= 0.6 is 15.6 Å². The molecule has 5 unspecified atom stereocenters. The van der Waals surface area contributed by atoms with Crippen LogP contribution < -0.4 is 0 Å². The zero-order valence-electron chi connectivity index (χ0n) is 67.7. The molecule has 108 heavy (non-hydrogen) atoms. The summed E-state index contributed by atoms with van der Waals surface area (Å²) in [5.41, 5.74) is 0. The molecule has 0 bridgehead atoms. The van der Waals surface area contributed by atoms with Crippen molar-refractivity contribution >= 4 is 39.5 Å². The van der Waals surface area contributed by atoms with Gasteiger partial charge in [-0.3, -0.25) is 37.3 Å². The van der Waals surface area contributed by atoms with Crippen LogP contribution in [0.25, 0.3) is 0 Å². The van der Waals surface area contributed by atoms with E-state index in [4.69, 9.17) is 37.0 Å². The van der Waals surface area contributed by atoms with Crippen LogP contribution in [0.1, 0.15) is 336 Å². The molecule has 0 fully saturated rings. The molecule has 19 heteroatoms. The molecular weight excluding hydrogens is 1400 g/mol. The zero-order chi connectivity index (χ0) is 78.9. The molecule has 0 spiro atoms. The largest absolute Gasteiger partial charge is 0.472 e. The Kier molecular flexibility index (Phi) is 76.3. The van der Waals surface area contributed by atoms with E-state index in [0.717, 1.165) is 218 Å². The number of allylic oxidation sites excluding steroid dienone is 24. The monoisotopic (exact) mass is 1550 g/mol. The number of hydrogen-bond donors (Lipinski definition) is 3. The molecule has 0 radical (unpaired) electrons. The number of aliphatic hydroxyl groups excluding tert-OH is 1. The highest BCUT2D eigenvalue weighted by molar-refractivity contribution is 7.47. The predicted octanol–water partition coefficient (Wildman–Crippen LogP) is 25.0. The lowest BCUT2D eigenvalue weighted by atomic mass is 10.1.